The zero-order valence-corrected chi connectivity index (χ0v) is 14.2. The smallest absolute Gasteiger partial charge is 0.255 e. The minimum Gasteiger partial charge on any atom is -0.352 e. The number of nitrogens with one attached hydrogen (secondary N) is 2. The van der Waals surface area contributed by atoms with E-state index in [4.69, 9.17) is 5.26 Å². The predicted molar refractivity (Wildman–Crippen MR) is 97.4 cm³/mol. The van der Waals surface area contributed by atoms with Gasteiger partial charge in [0.05, 0.1) is 11.3 Å². The van der Waals surface area contributed by atoms with Crippen LogP contribution in [-0.4, -0.2) is 18.4 Å². The van der Waals surface area contributed by atoms with Gasteiger partial charge in [-0.25, -0.2) is 0 Å². The quantitative estimate of drug-likeness (QED) is 0.756. The first-order valence-corrected chi connectivity index (χ1v) is 8.34. The van der Waals surface area contributed by atoms with Crippen LogP contribution in [0, 0.1) is 11.3 Å². The molecule has 25 heavy (non-hydrogen) atoms. The van der Waals surface area contributed by atoms with Gasteiger partial charge in [-0.05, 0) is 36.8 Å². The molecule has 128 valence electrons. The summed E-state index contributed by atoms with van der Waals surface area (Å²) in [7, 11) is 0. The van der Waals surface area contributed by atoms with Crippen molar-refractivity contribution < 1.29 is 9.59 Å². The number of hydrogen-bond acceptors (Lipinski definition) is 3. The largest absolute Gasteiger partial charge is 0.352 e. The summed E-state index contributed by atoms with van der Waals surface area (Å²) in [5, 5.41) is 14.6. The van der Waals surface area contributed by atoms with E-state index in [9.17, 15) is 9.59 Å². The third-order valence-electron chi connectivity index (χ3n) is 3.75. The fraction of sp³-hybridized carbons (Fsp3) is 0.250. The van der Waals surface area contributed by atoms with Crippen LogP contribution in [0.5, 0.6) is 0 Å². The van der Waals surface area contributed by atoms with Crippen LogP contribution in [0.1, 0.15) is 52.5 Å². The maximum absolute atomic E-state index is 12.4. The van der Waals surface area contributed by atoms with Crippen molar-refractivity contribution in [3.05, 3.63) is 65.2 Å². The van der Waals surface area contributed by atoms with Gasteiger partial charge in [-0.2, -0.15) is 5.26 Å². The molecule has 2 rings (SSSR count). The summed E-state index contributed by atoms with van der Waals surface area (Å²) in [6.07, 6.45) is 3.10. The van der Waals surface area contributed by atoms with E-state index in [0.29, 0.717) is 28.9 Å². The lowest BCUT2D eigenvalue weighted by Crippen LogP contribution is -2.24. The molecule has 0 aromatic heterocycles. The van der Waals surface area contributed by atoms with Gasteiger partial charge in [-0.15, -0.1) is 0 Å². The average Bonchev–Trinajstić information content (AvgIpc) is 2.65. The SMILES string of the molecule is CCCCCNC(=O)c1cccc(C(=O)Nc2ccccc2C#N)c1. The average molecular weight is 335 g/mol. The summed E-state index contributed by atoms with van der Waals surface area (Å²) in [6, 6.07) is 15.4. The van der Waals surface area contributed by atoms with Crippen molar-refractivity contribution in [2.24, 2.45) is 0 Å². The van der Waals surface area contributed by atoms with Crippen LogP contribution in [-0.2, 0) is 0 Å². The lowest BCUT2D eigenvalue weighted by Gasteiger charge is -2.09. The molecule has 5 nitrogen and oxygen atoms in total. The summed E-state index contributed by atoms with van der Waals surface area (Å²) < 4.78 is 0. The Balaban J connectivity index is 2.06. The molecule has 2 amide bonds. The second-order valence-electron chi connectivity index (χ2n) is 5.66. The van der Waals surface area contributed by atoms with E-state index in [1.165, 1.54) is 0 Å². The Labute approximate surface area is 147 Å². The topological polar surface area (TPSA) is 82.0 Å². The van der Waals surface area contributed by atoms with Crippen LogP contribution in [0.25, 0.3) is 0 Å². The van der Waals surface area contributed by atoms with E-state index < -0.39 is 0 Å². The number of anilines is 1. The molecule has 0 spiro atoms. The molecule has 0 fully saturated rings. The summed E-state index contributed by atoms with van der Waals surface area (Å²) in [4.78, 5) is 24.6. The molecule has 2 N–H and O–H groups in total. The van der Waals surface area contributed by atoms with E-state index in [2.05, 4.69) is 17.6 Å². The first kappa shape index (κ1) is 18.2. The van der Waals surface area contributed by atoms with Crippen molar-refractivity contribution in [2.75, 3.05) is 11.9 Å². The van der Waals surface area contributed by atoms with Crippen LogP contribution in [0.2, 0.25) is 0 Å². The number of amides is 2. The second kappa shape index (κ2) is 9.24. The lowest BCUT2D eigenvalue weighted by atomic mass is 10.1. The highest BCUT2D eigenvalue weighted by Gasteiger charge is 2.12. The molecule has 0 unspecified atom stereocenters. The fourth-order valence-electron chi connectivity index (χ4n) is 2.36. The maximum Gasteiger partial charge on any atom is 0.255 e. The van der Waals surface area contributed by atoms with Crippen LogP contribution in [0.15, 0.2) is 48.5 Å². The molecule has 0 saturated heterocycles. The normalized spacial score (nSPS) is 9.92. The standard InChI is InChI=1S/C20H21N3O2/c1-2-3-6-12-22-19(24)15-9-7-10-16(13-15)20(25)23-18-11-5-4-8-17(18)14-21/h4-5,7-11,13H,2-3,6,12H2,1H3,(H,22,24)(H,23,25). The summed E-state index contributed by atoms with van der Waals surface area (Å²) in [5.74, 6) is -0.550. The second-order valence-corrected chi connectivity index (χ2v) is 5.66. The summed E-state index contributed by atoms with van der Waals surface area (Å²) in [5.41, 5.74) is 1.65. The number of nitrogens with zero attached hydrogens (tertiary/aromatic N) is 1. The third kappa shape index (κ3) is 5.18. The van der Waals surface area contributed by atoms with Crippen molar-refractivity contribution in [1.29, 1.82) is 5.26 Å². The van der Waals surface area contributed by atoms with E-state index >= 15 is 0 Å². The molecule has 2 aromatic carbocycles. The van der Waals surface area contributed by atoms with E-state index in [1.807, 2.05) is 6.07 Å². The Morgan fingerprint density at radius 2 is 1.72 bits per heavy atom. The van der Waals surface area contributed by atoms with Crippen molar-refractivity contribution >= 4 is 17.5 Å². The fourth-order valence-corrected chi connectivity index (χ4v) is 2.36. The molecule has 0 atom stereocenters. The zero-order valence-electron chi connectivity index (χ0n) is 14.2. The first-order chi connectivity index (χ1) is 12.2. The molecule has 0 bridgehead atoms. The van der Waals surface area contributed by atoms with Gasteiger partial charge in [-0.3, -0.25) is 9.59 Å². The van der Waals surface area contributed by atoms with Gasteiger partial charge in [0.1, 0.15) is 6.07 Å². The molecule has 0 heterocycles. The van der Waals surface area contributed by atoms with Crippen LogP contribution in [0.4, 0.5) is 5.69 Å². The minimum atomic E-state index is -0.358. The molecule has 0 radical (unpaired) electrons. The molecule has 0 aliphatic heterocycles. The van der Waals surface area contributed by atoms with Gasteiger partial charge in [-0.1, -0.05) is 38.0 Å². The van der Waals surface area contributed by atoms with Gasteiger partial charge in [0.2, 0.25) is 0 Å². The summed E-state index contributed by atoms with van der Waals surface area (Å²) in [6.45, 7) is 2.73. The molecular formula is C20H21N3O2. The third-order valence-corrected chi connectivity index (χ3v) is 3.75. The highest BCUT2D eigenvalue weighted by molar-refractivity contribution is 6.06. The molecule has 2 aromatic rings. The summed E-state index contributed by atoms with van der Waals surface area (Å²) >= 11 is 0. The Bertz CT molecular complexity index is 794. The molecular weight excluding hydrogens is 314 g/mol. The molecule has 0 aliphatic carbocycles. The van der Waals surface area contributed by atoms with E-state index in [-0.39, 0.29) is 11.8 Å². The maximum atomic E-state index is 12.4. The molecule has 0 saturated carbocycles. The van der Waals surface area contributed by atoms with Crippen LogP contribution < -0.4 is 10.6 Å². The van der Waals surface area contributed by atoms with Crippen LogP contribution in [0.3, 0.4) is 0 Å². The number of carbonyl (C=O) groups is 2. The van der Waals surface area contributed by atoms with Crippen molar-refractivity contribution in [3.8, 4) is 6.07 Å². The van der Waals surface area contributed by atoms with Gasteiger partial charge < -0.3 is 10.6 Å². The Morgan fingerprint density at radius 3 is 2.44 bits per heavy atom. The Kier molecular flexibility index (Phi) is 6.73. The number of benzene rings is 2. The van der Waals surface area contributed by atoms with Gasteiger partial charge in [0, 0.05) is 17.7 Å². The number of rotatable bonds is 7. The first-order valence-electron chi connectivity index (χ1n) is 8.34. The predicted octanol–water partition coefficient (Wildman–Crippen LogP) is 3.73. The molecule has 5 heteroatoms. The van der Waals surface area contributed by atoms with E-state index in [1.54, 1.807) is 48.5 Å². The monoisotopic (exact) mass is 335 g/mol. The zero-order chi connectivity index (χ0) is 18.1. The van der Waals surface area contributed by atoms with Crippen LogP contribution >= 0.6 is 0 Å². The minimum absolute atomic E-state index is 0.192. The lowest BCUT2D eigenvalue weighted by molar-refractivity contribution is 0.0953. The number of hydrogen-bond donors (Lipinski definition) is 2. The van der Waals surface area contributed by atoms with Crippen molar-refractivity contribution in [1.82, 2.24) is 5.32 Å². The van der Waals surface area contributed by atoms with E-state index in [0.717, 1.165) is 19.3 Å². The number of unbranched alkanes of at least 4 members (excludes halogenated alkanes) is 2. The number of para-hydroxylation sites is 1. The Morgan fingerprint density at radius 1 is 1.00 bits per heavy atom. The van der Waals surface area contributed by atoms with Gasteiger partial charge >= 0.3 is 0 Å². The highest BCUT2D eigenvalue weighted by atomic mass is 16.2. The van der Waals surface area contributed by atoms with Gasteiger partial charge in [0.15, 0.2) is 0 Å². The number of nitriles is 1. The van der Waals surface area contributed by atoms with Gasteiger partial charge in [0.25, 0.3) is 11.8 Å². The van der Waals surface area contributed by atoms with Crippen molar-refractivity contribution in [2.45, 2.75) is 26.2 Å². The highest BCUT2D eigenvalue weighted by Crippen LogP contribution is 2.15. The Hall–Kier alpha value is -3.13. The van der Waals surface area contributed by atoms with Crippen molar-refractivity contribution in [3.63, 3.8) is 0 Å². The molecule has 0 aliphatic rings. The number of carbonyl (C=O) groups excluding carboxylic acids is 2.